The van der Waals surface area contributed by atoms with E-state index in [1.807, 2.05) is 0 Å². The minimum atomic E-state index is -3.19. The fourth-order valence-electron chi connectivity index (χ4n) is 6.82. The number of aliphatic hydroxyl groups is 1. The van der Waals surface area contributed by atoms with Gasteiger partial charge < -0.3 is 34.6 Å². The topological polar surface area (TPSA) is 211 Å². The van der Waals surface area contributed by atoms with Crippen molar-refractivity contribution in [2.45, 2.75) is 218 Å². The summed E-state index contributed by atoms with van der Waals surface area (Å²) in [7, 11) is 0. The van der Waals surface area contributed by atoms with Crippen LogP contribution < -0.4 is 0 Å². The Morgan fingerprint density at radius 3 is 1.46 bits per heavy atom. The third-order valence-electron chi connectivity index (χ3n) is 10.5. The molecule has 13 heteroatoms. The average molecular weight is 865 g/mol. The van der Waals surface area contributed by atoms with Crippen LogP contribution in [0.25, 0.3) is 0 Å². The molecule has 0 aliphatic heterocycles. The highest BCUT2D eigenvalue weighted by atomic mass is 16.6. The van der Waals surface area contributed by atoms with Crippen molar-refractivity contribution in [2.24, 2.45) is 5.92 Å². The van der Waals surface area contributed by atoms with Gasteiger partial charge in [-0.2, -0.15) is 0 Å². The first kappa shape index (κ1) is 57.0. The zero-order valence-corrected chi connectivity index (χ0v) is 37.7. The van der Waals surface area contributed by atoms with Crippen molar-refractivity contribution < 1.29 is 63.4 Å². The van der Waals surface area contributed by atoms with Gasteiger partial charge in [-0.25, -0.2) is 9.59 Å². The molecule has 4 atom stereocenters. The summed E-state index contributed by atoms with van der Waals surface area (Å²) in [6.45, 7) is 4.72. The predicted octanol–water partition coefficient (Wildman–Crippen LogP) is 10.6. The van der Waals surface area contributed by atoms with Gasteiger partial charge in [-0.1, -0.05) is 134 Å². The number of unbranched alkanes of at least 4 members (excludes halogenated alkanes) is 19. The Hall–Kier alpha value is -4.00. The predicted molar refractivity (Wildman–Crippen MR) is 236 cm³/mol. The molecule has 0 saturated heterocycles. The molecule has 0 saturated carbocycles. The molecule has 350 valence electrons. The van der Waals surface area contributed by atoms with Crippen LogP contribution in [0.4, 0.5) is 0 Å². The Morgan fingerprint density at radius 1 is 0.574 bits per heavy atom. The smallest absolute Gasteiger partial charge is 0.349 e. The van der Waals surface area contributed by atoms with E-state index < -0.39 is 79.0 Å². The van der Waals surface area contributed by atoms with Crippen molar-refractivity contribution in [3.8, 4) is 0 Å². The number of hydrogen-bond acceptors (Lipinski definition) is 10. The Bertz CT molecular complexity index is 1300. The lowest BCUT2D eigenvalue weighted by Gasteiger charge is -2.35. The summed E-state index contributed by atoms with van der Waals surface area (Å²) in [6, 6.07) is 0. The maximum Gasteiger partial charge on any atom is 0.349 e. The summed E-state index contributed by atoms with van der Waals surface area (Å²) < 4.78 is 15.8. The van der Waals surface area contributed by atoms with Crippen molar-refractivity contribution in [3.63, 3.8) is 0 Å². The van der Waals surface area contributed by atoms with Crippen LogP contribution in [0, 0.1) is 5.92 Å². The van der Waals surface area contributed by atoms with Gasteiger partial charge in [0.2, 0.25) is 5.60 Å². The number of carbonyl (C=O) groups excluding carboxylic acids is 3. The Balaban J connectivity index is 5.25. The number of allylic oxidation sites excluding steroid dienone is 6. The number of carboxylic acids is 3. The molecule has 13 nitrogen and oxygen atoms in total. The van der Waals surface area contributed by atoms with E-state index in [0.717, 1.165) is 90.4 Å². The summed E-state index contributed by atoms with van der Waals surface area (Å²) in [5.41, 5.74) is -3.19. The molecule has 0 aromatic carbocycles. The normalized spacial score (nSPS) is 14.2. The summed E-state index contributed by atoms with van der Waals surface area (Å²) in [6.07, 6.45) is 32.3. The SMILES string of the molecule is CCCCC/C=C\C/C=C\CCCCCCCC(=O)OC(COC(=O)CCCCCCC/C=C\CCCCCCCC)CC(C(=O)O)C(CC(=O)O)(OC(=O)C(C)O)C(=O)O. The van der Waals surface area contributed by atoms with E-state index in [4.69, 9.17) is 14.2 Å². The molecule has 0 heterocycles. The molecule has 0 rings (SSSR count). The molecule has 0 amide bonds. The van der Waals surface area contributed by atoms with Crippen LogP contribution in [0.2, 0.25) is 0 Å². The van der Waals surface area contributed by atoms with Gasteiger partial charge in [0.25, 0.3) is 0 Å². The zero-order valence-electron chi connectivity index (χ0n) is 37.7. The van der Waals surface area contributed by atoms with Crippen LogP contribution in [0.15, 0.2) is 36.5 Å². The number of carboxylic acid groups (broad SMARTS) is 3. The third kappa shape index (κ3) is 30.6. The molecule has 0 bridgehead atoms. The van der Waals surface area contributed by atoms with E-state index in [1.54, 1.807) is 0 Å². The van der Waals surface area contributed by atoms with Gasteiger partial charge in [0.15, 0.2) is 0 Å². The van der Waals surface area contributed by atoms with Crippen LogP contribution in [0.5, 0.6) is 0 Å². The first-order chi connectivity index (χ1) is 29.3. The largest absolute Gasteiger partial charge is 0.481 e. The molecule has 0 fully saturated rings. The van der Waals surface area contributed by atoms with Gasteiger partial charge in [-0.15, -0.1) is 0 Å². The van der Waals surface area contributed by atoms with Crippen molar-refractivity contribution in [3.05, 3.63) is 36.5 Å². The molecule has 0 aromatic heterocycles. The number of carbonyl (C=O) groups is 6. The molecular formula is C48H80O13. The fraction of sp³-hybridized carbons (Fsp3) is 0.750. The van der Waals surface area contributed by atoms with E-state index in [0.29, 0.717) is 12.8 Å². The maximum atomic E-state index is 13.0. The van der Waals surface area contributed by atoms with E-state index in [-0.39, 0.29) is 12.8 Å². The van der Waals surface area contributed by atoms with Crippen molar-refractivity contribution in [1.29, 1.82) is 0 Å². The van der Waals surface area contributed by atoms with E-state index >= 15 is 0 Å². The molecule has 4 unspecified atom stereocenters. The molecule has 0 aromatic rings. The quantitative estimate of drug-likeness (QED) is 0.0195. The minimum absolute atomic E-state index is 0.0438. The van der Waals surface area contributed by atoms with Crippen LogP contribution in [0.3, 0.4) is 0 Å². The van der Waals surface area contributed by atoms with Gasteiger partial charge in [0.1, 0.15) is 24.7 Å². The zero-order chi connectivity index (χ0) is 45.6. The van der Waals surface area contributed by atoms with E-state index in [9.17, 15) is 49.2 Å². The first-order valence-electron chi connectivity index (χ1n) is 23.2. The second-order valence-corrected chi connectivity index (χ2v) is 16.1. The van der Waals surface area contributed by atoms with Crippen LogP contribution >= 0.6 is 0 Å². The molecule has 0 aliphatic rings. The number of hydrogen-bond donors (Lipinski definition) is 4. The lowest BCUT2D eigenvalue weighted by Crippen LogP contribution is -2.56. The Kier molecular flexibility index (Phi) is 35.3. The van der Waals surface area contributed by atoms with Crippen molar-refractivity contribution in [2.75, 3.05) is 6.61 Å². The monoisotopic (exact) mass is 865 g/mol. The highest BCUT2D eigenvalue weighted by Crippen LogP contribution is 2.33. The number of ether oxygens (including phenoxy) is 3. The van der Waals surface area contributed by atoms with Gasteiger partial charge >= 0.3 is 35.8 Å². The lowest BCUT2D eigenvalue weighted by atomic mass is 9.80. The molecule has 0 radical (unpaired) electrons. The Morgan fingerprint density at radius 2 is 1.00 bits per heavy atom. The summed E-state index contributed by atoms with van der Waals surface area (Å²) in [5, 5.41) is 39.5. The van der Waals surface area contributed by atoms with Crippen molar-refractivity contribution in [1.82, 2.24) is 0 Å². The maximum absolute atomic E-state index is 13.0. The second-order valence-electron chi connectivity index (χ2n) is 16.1. The molecule has 61 heavy (non-hydrogen) atoms. The third-order valence-corrected chi connectivity index (χ3v) is 10.5. The standard InChI is InChI=1S/C48H80O13/c1-4-6-8-10-12-14-16-18-20-22-24-26-28-30-32-34-43(52)59-38-40(36-41(45(54)55)48(47(57)58,37-42(50)51)61-46(56)39(3)49)60-44(53)35-33-31-29-27-25-23-21-19-17-15-13-11-9-7-5-2/h13,15,18-21,39-41,49H,4-12,14,16-17,22-38H2,1-3H3,(H,50,51)(H,54,55)(H,57,58)/b15-13-,20-18-,21-19-. The highest BCUT2D eigenvalue weighted by Gasteiger charge is 2.56. The fourth-order valence-corrected chi connectivity index (χ4v) is 6.82. The van der Waals surface area contributed by atoms with Gasteiger partial charge in [0, 0.05) is 19.3 Å². The second kappa shape index (κ2) is 37.7. The van der Waals surface area contributed by atoms with Gasteiger partial charge in [-0.05, 0) is 77.6 Å². The first-order valence-corrected chi connectivity index (χ1v) is 23.2. The highest BCUT2D eigenvalue weighted by molar-refractivity contribution is 5.92. The van der Waals surface area contributed by atoms with Crippen LogP contribution in [-0.4, -0.2) is 80.7 Å². The molecule has 4 N–H and O–H groups in total. The van der Waals surface area contributed by atoms with E-state index in [2.05, 4.69) is 50.3 Å². The van der Waals surface area contributed by atoms with Crippen LogP contribution in [0.1, 0.15) is 201 Å². The summed E-state index contributed by atoms with van der Waals surface area (Å²) >= 11 is 0. The lowest BCUT2D eigenvalue weighted by molar-refractivity contribution is -0.201. The number of aliphatic hydroxyl groups excluding tert-OH is 1. The molecule has 0 aliphatic carbocycles. The molecular weight excluding hydrogens is 785 g/mol. The number of esters is 3. The number of aliphatic carboxylic acids is 3. The average Bonchev–Trinajstić information content (AvgIpc) is 3.20. The van der Waals surface area contributed by atoms with Gasteiger partial charge in [-0.3, -0.25) is 19.2 Å². The minimum Gasteiger partial charge on any atom is -0.481 e. The van der Waals surface area contributed by atoms with Gasteiger partial charge in [0.05, 0.1) is 6.42 Å². The van der Waals surface area contributed by atoms with Crippen molar-refractivity contribution >= 4 is 35.8 Å². The molecule has 0 spiro atoms. The summed E-state index contributed by atoms with van der Waals surface area (Å²) in [5.74, 6) is -11.0. The number of rotatable bonds is 41. The Labute approximate surface area is 365 Å². The van der Waals surface area contributed by atoms with E-state index in [1.165, 1.54) is 57.8 Å². The van der Waals surface area contributed by atoms with Crippen LogP contribution in [-0.2, 0) is 43.0 Å². The summed E-state index contributed by atoms with van der Waals surface area (Å²) in [4.78, 5) is 75.0.